The summed E-state index contributed by atoms with van der Waals surface area (Å²) in [4.78, 5) is 10.4. The Morgan fingerprint density at radius 1 is 1.20 bits per heavy atom. The molecular weight excluding hydrogens is 501 g/mol. The molecule has 0 spiro atoms. The van der Waals surface area contributed by atoms with E-state index in [2.05, 4.69) is 25.9 Å². The lowest BCUT2D eigenvalue weighted by Gasteiger charge is -2.21. The van der Waals surface area contributed by atoms with Crippen molar-refractivity contribution < 1.29 is 8.78 Å². The maximum absolute atomic E-state index is 14.0. The van der Waals surface area contributed by atoms with Crippen LogP contribution in [0, 0.1) is 11.6 Å². The summed E-state index contributed by atoms with van der Waals surface area (Å²) in [5, 5.41) is 10.00. The van der Waals surface area contributed by atoms with Gasteiger partial charge in [0.05, 0.1) is 5.69 Å². The summed E-state index contributed by atoms with van der Waals surface area (Å²) < 4.78 is 27.1. The van der Waals surface area contributed by atoms with E-state index in [1.54, 1.807) is 13.2 Å². The minimum Gasteiger partial charge on any atom is -0.370 e. The van der Waals surface area contributed by atoms with E-state index < -0.39 is 11.6 Å². The highest BCUT2D eigenvalue weighted by molar-refractivity contribution is 14.0. The first-order valence-corrected chi connectivity index (χ1v) is 9.98. The number of pyridine rings is 1. The van der Waals surface area contributed by atoms with Crippen molar-refractivity contribution >= 4 is 41.4 Å². The van der Waals surface area contributed by atoms with E-state index >= 15 is 0 Å². The number of aromatic nitrogens is 1. The number of nitrogens with zero attached hydrogens (tertiary/aromatic N) is 3. The van der Waals surface area contributed by atoms with Crippen molar-refractivity contribution in [2.45, 2.75) is 25.3 Å². The molecule has 30 heavy (non-hydrogen) atoms. The number of benzene rings is 1. The minimum absolute atomic E-state index is 0. The van der Waals surface area contributed by atoms with E-state index in [4.69, 9.17) is 0 Å². The minimum atomic E-state index is -0.556. The fraction of sp³-hybridized carbons (Fsp3) is 0.429. The van der Waals surface area contributed by atoms with E-state index in [0.717, 1.165) is 56.7 Å². The van der Waals surface area contributed by atoms with Crippen molar-refractivity contribution in [1.29, 1.82) is 0 Å². The molecule has 2 aromatic rings. The molecule has 1 aromatic carbocycles. The highest BCUT2D eigenvalue weighted by Crippen LogP contribution is 2.24. The van der Waals surface area contributed by atoms with E-state index in [1.807, 2.05) is 23.1 Å². The predicted octanol–water partition coefficient (Wildman–Crippen LogP) is 3.61. The SMILES string of the molecule is CN=C(NCCCCNc1ccccn1)NC1CCN(c2ccc(F)cc2F)C1.I. The number of guanidine groups is 1. The van der Waals surface area contributed by atoms with E-state index in [1.165, 1.54) is 12.1 Å². The van der Waals surface area contributed by atoms with Gasteiger partial charge < -0.3 is 20.9 Å². The second-order valence-corrected chi connectivity index (χ2v) is 7.02. The summed E-state index contributed by atoms with van der Waals surface area (Å²) in [7, 11) is 1.74. The van der Waals surface area contributed by atoms with Crippen LogP contribution in [0.1, 0.15) is 19.3 Å². The Labute approximate surface area is 193 Å². The molecule has 0 bridgehead atoms. The van der Waals surface area contributed by atoms with Crippen molar-refractivity contribution in [2.75, 3.05) is 43.4 Å². The largest absolute Gasteiger partial charge is 0.370 e. The van der Waals surface area contributed by atoms with Crippen LogP contribution in [0.2, 0.25) is 0 Å². The predicted molar refractivity (Wildman–Crippen MR) is 129 cm³/mol. The van der Waals surface area contributed by atoms with Crippen LogP contribution in [-0.2, 0) is 0 Å². The van der Waals surface area contributed by atoms with Crippen molar-refractivity contribution in [1.82, 2.24) is 15.6 Å². The molecule has 0 radical (unpaired) electrons. The number of hydrogen-bond donors (Lipinski definition) is 3. The summed E-state index contributed by atoms with van der Waals surface area (Å²) in [5.41, 5.74) is 0.444. The van der Waals surface area contributed by atoms with Crippen molar-refractivity contribution in [3.63, 3.8) is 0 Å². The van der Waals surface area contributed by atoms with Crippen LogP contribution in [0.4, 0.5) is 20.3 Å². The normalized spacial score (nSPS) is 16.2. The van der Waals surface area contributed by atoms with Crippen LogP contribution >= 0.6 is 24.0 Å². The van der Waals surface area contributed by atoms with Crippen LogP contribution in [-0.4, -0.2) is 50.2 Å². The molecule has 1 unspecified atom stereocenters. The molecule has 164 valence electrons. The van der Waals surface area contributed by atoms with Crippen molar-refractivity contribution in [2.24, 2.45) is 4.99 Å². The Kier molecular flexibility index (Phi) is 10.0. The van der Waals surface area contributed by atoms with Gasteiger partial charge in [-0.3, -0.25) is 4.99 Å². The summed E-state index contributed by atoms with van der Waals surface area (Å²) >= 11 is 0. The van der Waals surface area contributed by atoms with Gasteiger partial charge in [0.15, 0.2) is 5.96 Å². The first-order chi connectivity index (χ1) is 14.2. The van der Waals surface area contributed by atoms with Crippen LogP contribution in [0.15, 0.2) is 47.6 Å². The number of halogens is 3. The molecule has 1 aromatic heterocycles. The molecule has 6 nitrogen and oxygen atoms in total. The number of aliphatic imine (C=N–C) groups is 1. The van der Waals surface area contributed by atoms with Gasteiger partial charge in [-0.1, -0.05) is 6.07 Å². The number of nitrogens with one attached hydrogen (secondary N) is 3. The van der Waals surface area contributed by atoms with Crippen molar-refractivity contribution in [3.8, 4) is 0 Å². The highest BCUT2D eigenvalue weighted by Gasteiger charge is 2.25. The number of unbranched alkanes of at least 4 members (excludes halogenated alkanes) is 1. The maximum atomic E-state index is 14.0. The fourth-order valence-electron chi connectivity index (χ4n) is 3.36. The maximum Gasteiger partial charge on any atom is 0.191 e. The fourth-order valence-corrected chi connectivity index (χ4v) is 3.36. The molecule has 0 saturated carbocycles. The summed E-state index contributed by atoms with van der Waals surface area (Å²) in [5.74, 6) is 0.558. The standard InChI is InChI=1S/C21H28F2N6.HI/c1-24-21(27-12-5-4-11-26-20-6-2-3-10-25-20)28-17-9-13-29(15-17)19-8-7-16(22)14-18(19)23;/h2-3,6-8,10,14,17H,4-5,9,11-13,15H2,1H3,(H,25,26)(H2,24,27,28);1H. The van der Waals surface area contributed by atoms with Gasteiger partial charge in [0.25, 0.3) is 0 Å². The number of rotatable bonds is 8. The third-order valence-electron chi connectivity index (χ3n) is 4.87. The van der Waals surface area contributed by atoms with Crippen LogP contribution in [0.3, 0.4) is 0 Å². The summed E-state index contributed by atoms with van der Waals surface area (Å²) in [6.07, 6.45) is 4.65. The lowest BCUT2D eigenvalue weighted by atomic mass is 10.2. The average molecular weight is 530 g/mol. The third-order valence-corrected chi connectivity index (χ3v) is 4.87. The zero-order chi connectivity index (χ0) is 20.5. The Morgan fingerprint density at radius 3 is 2.77 bits per heavy atom. The van der Waals surface area contributed by atoms with Crippen LogP contribution in [0.25, 0.3) is 0 Å². The lowest BCUT2D eigenvalue weighted by Crippen LogP contribution is -2.45. The monoisotopic (exact) mass is 530 g/mol. The molecule has 3 N–H and O–H groups in total. The van der Waals surface area contributed by atoms with E-state index in [9.17, 15) is 8.78 Å². The molecule has 0 aliphatic carbocycles. The zero-order valence-electron chi connectivity index (χ0n) is 17.1. The Balaban J connectivity index is 0.00000320. The zero-order valence-corrected chi connectivity index (χ0v) is 19.4. The molecule has 1 atom stereocenters. The second-order valence-electron chi connectivity index (χ2n) is 7.02. The van der Waals surface area contributed by atoms with Crippen LogP contribution in [0.5, 0.6) is 0 Å². The van der Waals surface area contributed by atoms with Gasteiger partial charge in [-0.05, 0) is 43.5 Å². The average Bonchev–Trinajstić information content (AvgIpc) is 3.18. The second kappa shape index (κ2) is 12.5. The number of hydrogen-bond acceptors (Lipinski definition) is 4. The molecule has 9 heteroatoms. The Hall–Kier alpha value is -2.17. The molecular formula is C21H29F2IN6. The molecule has 0 amide bonds. The van der Waals surface area contributed by atoms with Gasteiger partial charge in [-0.25, -0.2) is 13.8 Å². The first kappa shape index (κ1) is 24.1. The van der Waals surface area contributed by atoms with Gasteiger partial charge in [-0.2, -0.15) is 0 Å². The summed E-state index contributed by atoms with van der Waals surface area (Å²) in [6, 6.07) is 9.69. The molecule has 1 aliphatic heterocycles. The lowest BCUT2D eigenvalue weighted by molar-refractivity contribution is 0.580. The van der Waals surface area contributed by atoms with E-state index in [0.29, 0.717) is 12.2 Å². The smallest absolute Gasteiger partial charge is 0.191 e. The third kappa shape index (κ3) is 7.26. The summed E-state index contributed by atoms with van der Waals surface area (Å²) in [6.45, 7) is 3.05. The van der Waals surface area contributed by atoms with Gasteiger partial charge >= 0.3 is 0 Å². The molecule has 2 heterocycles. The topological polar surface area (TPSA) is 64.6 Å². The Bertz CT molecular complexity index is 805. The highest BCUT2D eigenvalue weighted by atomic mass is 127. The van der Waals surface area contributed by atoms with Gasteiger partial charge in [0.2, 0.25) is 0 Å². The molecule has 1 fully saturated rings. The molecule has 1 saturated heterocycles. The Morgan fingerprint density at radius 2 is 2.03 bits per heavy atom. The van der Waals surface area contributed by atoms with Crippen molar-refractivity contribution in [3.05, 3.63) is 54.2 Å². The molecule has 3 rings (SSSR count). The van der Waals surface area contributed by atoms with Crippen LogP contribution < -0.4 is 20.9 Å². The quantitative estimate of drug-likeness (QED) is 0.211. The van der Waals surface area contributed by atoms with E-state index in [-0.39, 0.29) is 30.0 Å². The van der Waals surface area contributed by atoms with Gasteiger partial charge in [0.1, 0.15) is 17.5 Å². The first-order valence-electron chi connectivity index (χ1n) is 9.98. The number of anilines is 2. The van der Waals surface area contributed by atoms with Gasteiger partial charge in [0, 0.05) is 51.5 Å². The molecule has 1 aliphatic rings. The van der Waals surface area contributed by atoms with Gasteiger partial charge in [-0.15, -0.1) is 24.0 Å².